The number of ether oxygens (including phenoxy) is 1. The molecule has 0 aliphatic carbocycles. The third-order valence-corrected chi connectivity index (χ3v) is 2.40. The SMILES string of the molecule is CC(C)(C)OC(=O)N1CCC(=O)C(CO)C1. The van der Waals surface area contributed by atoms with Gasteiger partial charge < -0.3 is 14.7 Å². The molecule has 5 heteroatoms. The lowest BCUT2D eigenvalue weighted by Gasteiger charge is -2.32. The molecule has 92 valence electrons. The minimum absolute atomic E-state index is 0.0160. The lowest BCUT2D eigenvalue weighted by molar-refractivity contribution is -0.127. The van der Waals surface area contributed by atoms with Gasteiger partial charge in [-0.25, -0.2) is 4.79 Å². The van der Waals surface area contributed by atoms with Gasteiger partial charge in [0.05, 0.1) is 12.5 Å². The summed E-state index contributed by atoms with van der Waals surface area (Å²) in [5, 5.41) is 8.99. The molecule has 1 aliphatic rings. The van der Waals surface area contributed by atoms with Crippen LogP contribution in [0.2, 0.25) is 0 Å². The van der Waals surface area contributed by atoms with Gasteiger partial charge in [0.1, 0.15) is 11.4 Å². The molecule has 1 aliphatic heterocycles. The fourth-order valence-corrected chi connectivity index (χ4v) is 1.56. The van der Waals surface area contributed by atoms with Gasteiger partial charge in [-0.2, -0.15) is 0 Å². The fraction of sp³-hybridized carbons (Fsp3) is 0.818. The van der Waals surface area contributed by atoms with Crippen LogP contribution in [0, 0.1) is 5.92 Å². The summed E-state index contributed by atoms with van der Waals surface area (Å²) in [6.07, 6.45) is -0.122. The monoisotopic (exact) mass is 229 g/mol. The van der Waals surface area contributed by atoms with Crippen molar-refractivity contribution in [2.45, 2.75) is 32.8 Å². The molecule has 1 atom stereocenters. The van der Waals surface area contributed by atoms with Gasteiger partial charge >= 0.3 is 6.09 Å². The van der Waals surface area contributed by atoms with Gasteiger partial charge in [-0.3, -0.25) is 4.79 Å². The Bertz CT molecular complexity index is 282. The van der Waals surface area contributed by atoms with E-state index in [1.807, 2.05) is 0 Å². The molecule has 0 aromatic rings. The highest BCUT2D eigenvalue weighted by atomic mass is 16.6. The molecule has 1 amide bonds. The predicted molar refractivity (Wildman–Crippen MR) is 58.0 cm³/mol. The number of rotatable bonds is 1. The van der Waals surface area contributed by atoms with Crippen LogP contribution < -0.4 is 0 Å². The zero-order chi connectivity index (χ0) is 12.3. The lowest BCUT2D eigenvalue weighted by atomic mass is 9.98. The van der Waals surface area contributed by atoms with E-state index in [0.717, 1.165) is 0 Å². The molecular formula is C11H19NO4. The highest BCUT2D eigenvalue weighted by molar-refractivity contribution is 5.84. The maximum Gasteiger partial charge on any atom is 0.410 e. The quantitative estimate of drug-likeness (QED) is 0.722. The number of amides is 1. The Morgan fingerprint density at radius 2 is 2.19 bits per heavy atom. The summed E-state index contributed by atoms with van der Waals surface area (Å²) >= 11 is 0. The van der Waals surface area contributed by atoms with E-state index >= 15 is 0 Å². The first kappa shape index (κ1) is 13.0. The maximum atomic E-state index is 11.7. The topological polar surface area (TPSA) is 66.8 Å². The summed E-state index contributed by atoms with van der Waals surface area (Å²) in [6.45, 7) is 5.81. The van der Waals surface area contributed by atoms with E-state index in [0.29, 0.717) is 13.0 Å². The molecule has 0 aromatic carbocycles. The number of carbonyl (C=O) groups is 2. The van der Waals surface area contributed by atoms with Gasteiger partial charge in [0.25, 0.3) is 0 Å². The second-order valence-electron chi connectivity index (χ2n) is 5.02. The summed E-state index contributed by atoms with van der Waals surface area (Å²) in [7, 11) is 0. The van der Waals surface area contributed by atoms with Gasteiger partial charge in [0, 0.05) is 19.5 Å². The molecule has 1 N–H and O–H groups in total. The van der Waals surface area contributed by atoms with Gasteiger partial charge in [0.15, 0.2) is 0 Å². The van der Waals surface area contributed by atoms with E-state index in [1.165, 1.54) is 4.90 Å². The van der Waals surface area contributed by atoms with Crippen molar-refractivity contribution < 1.29 is 19.4 Å². The number of piperidine rings is 1. The standard InChI is InChI=1S/C11H19NO4/c1-11(2,3)16-10(15)12-5-4-9(14)8(6-12)7-13/h8,13H,4-7H2,1-3H3. The first-order valence-electron chi connectivity index (χ1n) is 5.45. The second kappa shape index (κ2) is 4.82. The highest BCUT2D eigenvalue weighted by Crippen LogP contribution is 2.16. The average molecular weight is 229 g/mol. The van der Waals surface area contributed by atoms with Crippen molar-refractivity contribution in [1.29, 1.82) is 0 Å². The van der Waals surface area contributed by atoms with Crippen LogP contribution in [0.25, 0.3) is 0 Å². The van der Waals surface area contributed by atoms with Crippen LogP contribution in [-0.2, 0) is 9.53 Å². The number of aliphatic hydroxyl groups is 1. The van der Waals surface area contributed by atoms with E-state index in [4.69, 9.17) is 9.84 Å². The molecule has 5 nitrogen and oxygen atoms in total. The molecule has 0 bridgehead atoms. The number of hydrogen-bond acceptors (Lipinski definition) is 4. The molecule has 0 spiro atoms. The number of carbonyl (C=O) groups excluding carboxylic acids is 2. The van der Waals surface area contributed by atoms with Crippen molar-refractivity contribution in [2.75, 3.05) is 19.7 Å². The number of nitrogens with zero attached hydrogens (tertiary/aromatic N) is 1. The Labute approximate surface area is 95.4 Å². The van der Waals surface area contributed by atoms with Crippen molar-refractivity contribution in [3.63, 3.8) is 0 Å². The molecule has 1 heterocycles. The van der Waals surface area contributed by atoms with E-state index in [9.17, 15) is 9.59 Å². The number of ketones is 1. The molecule has 0 aromatic heterocycles. The van der Waals surface area contributed by atoms with E-state index in [1.54, 1.807) is 20.8 Å². The number of Topliss-reactive ketones (excluding diaryl/α,β-unsaturated/α-hetero) is 1. The summed E-state index contributed by atoms with van der Waals surface area (Å²) in [5.41, 5.74) is -0.534. The summed E-state index contributed by atoms with van der Waals surface area (Å²) in [6, 6.07) is 0. The molecule has 0 radical (unpaired) electrons. The average Bonchev–Trinajstić information content (AvgIpc) is 2.15. The van der Waals surface area contributed by atoms with Crippen molar-refractivity contribution in [3.8, 4) is 0 Å². The van der Waals surface area contributed by atoms with Crippen molar-refractivity contribution in [2.24, 2.45) is 5.92 Å². The predicted octanol–water partition coefficient (Wildman–Crippen LogP) is 0.805. The molecule has 1 saturated heterocycles. The van der Waals surface area contributed by atoms with Gasteiger partial charge in [-0.1, -0.05) is 0 Å². The van der Waals surface area contributed by atoms with E-state index in [-0.39, 0.29) is 18.9 Å². The first-order valence-corrected chi connectivity index (χ1v) is 5.45. The number of likely N-dealkylation sites (tertiary alicyclic amines) is 1. The van der Waals surface area contributed by atoms with Gasteiger partial charge in [-0.05, 0) is 20.8 Å². The molecule has 0 saturated carbocycles. The van der Waals surface area contributed by atoms with Crippen LogP contribution in [0.1, 0.15) is 27.2 Å². The molecular weight excluding hydrogens is 210 g/mol. The summed E-state index contributed by atoms with van der Waals surface area (Å²) in [5.74, 6) is -0.441. The summed E-state index contributed by atoms with van der Waals surface area (Å²) < 4.78 is 5.20. The minimum atomic E-state index is -0.534. The minimum Gasteiger partial charge on any atom is -0.444 e. The van der Waals surface area contributed by atoms with Crippen molar-refractivity contribution in [1.82, 2.24) is 4.90 Å². The molecule has 1 rings (SSSR count). The first-order chi connectivity index (χ1) is 7.33. The zero-order valence-corrected chi connectivity index (χ0v) is 10.0. The summed E-state index contributed by atoms with van der Waals surface area (Å²) in [4.78, 5) is 24.5. The Morgan fingerprint density at radius 1 is 1.56 bits per heavy atom. The number of hydrogen-bond donors (Lipinski definition) is 1. The van der Waals surface area contributed by atoms with Crippen LogP contribution in [-0.4, -0.2) is 47.2 Å². The molecule has 1 fully saturated rings. The molecule has 1 unspecified atom stereocenters. The van der Waals surface area contributed by atoms with Crippen LogP contribution in [0.3, 0.4) is 0 Å². The van der Waals surface area contributed by atoms with E-state index < -0.39 is 17.6 Å². The Morgan fingerprint density at radius 3 is 2.69 bits per heavy atom. The highest BCUT2D eigenvalue weighted by Gasteiger charge is 2.31. The Hall–Kier alpha value is -1.10. The largest absolute Gasteiger partial charge is 0.444 e. The number of aliphatic hydroxyl groups excluding tert-OH is 1. The lowest BCUT2D eigenvalue weighted by Crippen LogP contribution is -2.47. The third kappa shape index (κ3) is 3.48. The fourth-order valence-electron chi connectivity index (χ4n) is 1.56. The van der Waals surface area contributed by atoms with E-state index in [2.05, 4.69) is 0 Å². The van der Waals surface area contributed by atoms with Crippen molar-refractivity contribution >= 4 is 11.9 Å². The second-order valence-corrected chi connectivity index (χ2v) is 5.02. The van der Waals surface area contributed by atoms with Gasteiger partial charge in [-0.15, -0.1) is 0 Å². The van der Waals surface area contributed by atoms with Crippen LogP contribution in [0.4, 0.5) is 4.79 Å². The van der Waals surface area contributed by atoms with Crippen molar-refractivity contribution in [3.05, 3.63) is 0 Å². The Balaban J connectivity index is 2.55. The maximum absolute atomic E-state index is 11.7. The zero-order valence-electron chi connectivity index (χ0n) is 10.0. The van der Waals surface area contributed by atoms with Crippen LogP contribution in [0.5, 0.6) is 0 Å². The third-order valence-electron chi connectivity index (χ3n) is 2.40. The van der Waals surface area contributed by atoms with Gasteiger partial charge in [0.2, 0.25) is 0 Å². The normalized spacial score (nSPS) is 22.1. The van der Waals surface area contributed by atoms with Crippen LogP contribution >= 0.6 is 0 Å². The van der Waals surface area contributed by atoms with Crippen LogP contribution in [0.15, 0.2) is 0 Å². The Kier molecular flexibility index (Phi) is 3.91. The molecule has 16 heavy (non-hydrogen) atoms. The smallest absolute Gasteiger partial charge is 0.410 e.